The Morgan fingerprint density at radius 3 is 2.40 bits per heavy atom. The van der Waals surface area contributed by atoms with E-state index >= 15 is 0 Å². The van der Waals surface area contributed by atoms with Crippen molar-refractivity contribution < 1.29 is 4.79 Å². The molecule has 2 fully saturated rings. The molecule has 2 N–H and O–H groups in total. The maximum absolute atomic E-state index is 12.1. The van der Waals surface area contributed by atoms with Crippen molar-refractivity contribution in [2.75, 3.05) is 13.6 Å². The maximum Gasteiger partial charge on any atom is 0.242 e. The number of likely N-dealkylation sites (N-methyl/N-ethyl adjacent to an activating group) is 1. The lowest BCUT2D eigenvalue weighted by Crippen LogP contribution is -2.54. The number of amides is 1. The third-order valence-electron chi connectivity index (χ3n) is 3.99. The maximum atomic E-state index is 12.1. The Morgan fingerprint density at radius 2 is 2.00 bits per heavy atom. The van der Waals surface area contributed by atoms with Crippen LogP contribution in [0.5, 0.6) is 0 Å². The molecular formula is C12H22N2O. The molecule has 3 heteroatoms. The van der Waals surface area contributed by atoms with Gasteiger partial charge in [-0.25, -0.2) is 0 Å². The van der Waals surface area contributed by atoms with E-state index < -0.39 is 5.54 Å². The zero-order chi connectivity index (χ0) is 11.1. The van der Waals surface area contributed by atoms with Gasteiger partial charge in [0.05, 0.1) is 5.54 Å². The summed E-state index contributed by atoms with van der Waals surface area (Å²) in [4.78, 5) is 14.0. The van der Waals surface area contributed by atoms with Crippen molar-refractivity contribution in [2.24, 2.45) is 17.6 Å². The average molecular weight is 210 g/mol. The zero-order valence-electron chi connectivity index (χ0n) is 9.83. The van der Waals surface area contributed by atoms with Gasteiger partial charge in [-0.15, -0.1) is 0 Å². The first kappa shape index (κ1) is 10.9. The van der Waals surface area contributed by atoms with Crippen LogP contribution in [0.3, 0.4) is 0 Å². The van der Waals surface area contributed by atoms with Crippen molar-refractivity contribution in [1.29, 1.82) is 0 Å². The van der Waals surface area contributed by atoms with Gasteiger partial charge in [-0.2, -0.15) is 0 Å². The number of nitrogens with zero attached hydrogens (tertiary/aromatic N) is 1. The van der Waals surface area contributed by atoms with E-state index in [0.717, 1.165) is 25.3 Å². The predicted octanol–water partition coefficient (Wildman–Crippen LogP) is 1.37. The average Bonchev–Trinajstić information content (AvgIpc) is 2.92. The summed E-state index contributed by atoms with van der Waals surface area (Å²) in [6, 6.07) is 0. The Kier molecular flexibility index (Phi) is 2.75. The van der Waals surface area contributed by atoms with E-state index in [1.807, 2.05) is 18.9 Å². The minimum Gasteiger partial charge on any atom is -0.344 e. The number of nitrogens with two attached hydrogens (primary N) is 1. The minimum atomic E-state index is -0.613. The van der Waals surface area contributed by atoms with Crippen molar-refractivity contribution in [1.82, 2.24) is 4.90 Å². The van der Waals surface area contributed by atoms with E-state index in [1.54, 1.807) is 0 Å². The number of hydrogen-bond acceptors (Lipinski definition) is 2. The monoisotopic (exact) mass is 210 g/mol. The van der Waals surface area contributed by atoms with Crippen LogP contribution in [0.15, 0.2) is 0 Å². The summed E-state index contributed by atoms with van der Waals surface area (Å²) in [6.45, 7) is 2.79. The van der Waals surface area contributed by atoms with Gasteiger partial charge in [0.2, 0.25) is 5.91 Å². The van der Waals surface area contributed by atoms with Crippen LogP contribution in [-0.2, 0) is 4.79 Å². The second-order valence-electron chi connectivity index (χ2n) is 5.54. The normalized spacial score (nSPS) is 25.5. The molecule has 1 unspecified atom stereocenters. The Hall–Kier alpha value is -0.570. The molecule has 2 aliphatic carbocycles. The van der Waals surface area contributed by atoms with Crippen molar-refractivity contribution in [3.8, 4) is 0 Å². The molecule has 2 aliphatic rings. The molecule has 0 bridgehead atoms. The summed E-state index contributed by atoms with van der Waals surface area (Å²) in [5.41, 5.74) is 5.50. The fraction of sp³-hybridized carbons (Fsp3) is 0.917. The van der Waals surface area contributed by atoms with Crippen LogP contribution >= 0.6 is 0 Å². The lowest BCUT2D eigenvalue weighted by molar-refractivity contribution is -0.136. The SMILES string of the molecule is CN(CC1CCC1)C(=O)C(C)(N)C1CC1. The van der Waals surface area contributed by atoms with E-state index in [9.17, 15) is 4.79 Å². The van der Waals surface area contributed by atoms with Gasteiger partial charge >= 0.3 is 0 Å². The van der Waals surface area contributed by atoms with Gasteiger partial charge in [-0.1, -0.05) is 6.42 Å². The Balaban J connectivity index is 1.87. The van der Waals surface area contributed by atoms with Crippen molar-refractivity contribution in [3.05, 3.63) is 0 Å². The molecule has 15 heavy (non-hydrogen) atoms. The van der Waals surface area contributed by atoms with Gasteiger partial charge in [-0.05, 0) is 44.4 Å². The fourth-order valence-corrected chi connectivity index (χ4v) is 2.41. The van der Waals surface area contributed by atoms with E-state index in [2.05, 4.69) is 0 Å². The molecule has 0 aromatic carbocycles. The van der Waals surface area contributed by atoms with Gasteiger partial charge in [0.15, 0.2) is 0 Å². The minimum absolute atomic E-state index is 0.136. The molecule has 2 rings (SSSR count). The number of rotatable bonds is 4. The van der Waals surface area contributed by atoms with Crippen LogP contribution in [0.1, 0.15) is 39.0 Å². The van der Waals surface area contributed by atoms with Gasteiger partial charge < -0.3 is 10.6 Å². The van der Waals surface area contributed by atoms with Gasteiger partial charge in [-0.3, -0.25) is 4.79 Å². The molecule has 0 radical (unpaired) electrons. The van der Waals surface area contributed by atoms with Crippen molar-refractivity contribution in [3.63, 3.8) is 0 Å². The summed E-state index contributed by atoms with van der Waals surface area (Å²) in [5, 5.41) is 0. The van der Waals surface area contributed by atoms with E-state index in [0.29, 0.717) is 5.92 Å². The van der Waals surface area contributed by atoms with Crippen LogP contribution in [0.2, 0.25) is 0 Å². The van der Waals surface area contributed by atoms with Gasteiger partial charge in [0, 0.05) is 13.6 Å². The molecule has 0 aliphatic heterocycles. The number of carbonyl (C=O) groups excluding carboxylic acids is 1. The molecular weight excluding hydrogens is 188 g/mol. The molecule has 0 aromatic heterocycles. The Morgan fingerprint density at radius 1 is 1.40 bits per heavy atom. The topological polar surface area (TPSA) is 46.3 Å². The first-order valence-corrected chi connectivity index (χ1v) is 6.06. The molecule has 1 amide bonds. The first-order valence-electron chi connectivity index (χ1n) is 6.06. The predicted molar refractivity (Wildman–Crippen MR) is 60.3 cm³/mol. The van der Waals surface area contributed by atoms with Crippen LogP contribution in [0, 0.1) is 11.8 Å². The molecule has 2 saturated carbocycles. The van der Waals surface area contributed by atoms with Crippen LogP contribution < -0.4 is 5.73 Å². The lowest BCUT2D eigenvalue weighted by atomic mass is 9.84. The number of carbonyl (C=O) groups is 1. The highest BCUT2D eigenvalue weighted by molar-refractivity contribution is 5.86. The smallest absolute Gasteiger partial charge is 0.242 e. The summed E-state index contributed by atoms with van der Waals surface area (Å²) in [5.74, 6) is 1.29. The van der Waals surface area contributed by atoms with Crippen molar-refractivity contribution >= 4 is 5.91 Å². The standard InChI is InChI=1S/C12H22N2O/c1-12(13,10-6-7-10)11(15)14(2)8-9-4-3-5-9/h9-10H,3-8,13H2,1-2H3. The lowest BCUT2D eigenvalue weighted by Gasteiger charge is -2.34. The molecule has 0 spiro atoms. The Bertz CT molecular complexity index is 254. The molecule has 86 valence electrons. The van der Waals surface area contributed by atoms with Gasteiger partial charge in [0.1, 0.15) is 0 Å². The first-order chi connectivity index (χ1) is 7.01. The van der Waals surface area contributed by atoms with E-state index in [-0.39, 0.29) is 5.91 Å². The van der Waals surface area contributed by atoms with Crippen LogP contribution in [0.4, 0.5) is 0 Å². The van der Waals surface area contributed by atoms with Gasteiger partial charge in [0.25, 0.3) is 0 Å². The second kappa shape index (κ2) is 3.78. The quantitative estimate of drug-likeness (QED) is 0.762. The summed E-state index contributed by atoms with van der Waals surface area (Å²) in [6.07, 6.45) is 6.13. The van der Waals surface area contributed by atoms with E-state index in [4.69, 9.17) is 5.73 Å². The van der Waals surface area contributed by atoms with E-state index in [1.165, 1.54) is 19.3 Å². The third kappa shape index (κ3) is 2.17. The zero-order valence-corrected chi connectivity index (χ0v) is 9.83. The van der Waals surface area contributed by atoms with Crippen LogP contribution in [-0.4, -0.2) is 29.9 Å². The second-order valence-corrected chi connectivity index (χ2v) is 5.54. The highest BCUT2D eigenvalue weighted by Crippen LogP contribution is 2.39. The largest absolute Gasteiger partial charge is 0.344 e. The summed E-state index contributed by atoms with van der Waals surface area (Å²) in [7, 11) is 1.90. The number of hydrogen-bond donors (Lipinski definition) is 1. The highest BCUT2D eigenvalue weighted by atomic mass is 16.2. The molecule has 1 atom stereocenters. The summed E-state index contributed by atoms with van der Waals surface area (Å²) >= 11 is 0. The highest BCUT2D eigenvalue weighted by Gasteiger charge is 2.45. The molecule has 3 nitrogen and oxygen atoms in total. The third-order valence-corrected chi connectivity index (χ3v) is 3.99. The Labute approximate surface area is 92.0 Å². The summed E-state index contributed by atoms with van der Waals surface area (Å²) < 4.78 is 0. The fourth-order valence-electron chi connectivity index (χ4n) is 2.41. The van der Waals surface area contributed by atoms with Crippen molar-refractivity contribution in [2.45, 2.75) is 44.6 Å². The van der Waals surface area contributed by atoms with Crippen LogP contribution in [0.25, 0.3) is 0 Å². The molecule has 0 saturated heterocycles. The molecule has 0 heterocycles. The molecule has 0 aromatic rings.